The van der Waals surface area contributed by atoms with Crippen LogP contribution in [0.15, 0.2) is 269 Å². The van der Waals surface area contributed by atoms with Crippen molar-refractivity contribution in [3.8, 4) is 44.5 Å². The molecule has 0 atom stereocenters. The lowest BCUT2D eigenvalue weighted by Crippen LogP contribution is -2.11. The third kappa shape index (κ3) is 17.8. The van der Waals surface area contributed by atoms with E-state index in [2.05, 4.69) is 63.2 Å². The lowest BCUT2D eigenvalue weighted by atomic mass is 10.1. The summed E-state index contributed by atoms with van der Waals surface area (Å²) in [7, 11) is -15.5. The van der Waals surface area contributed by atoms with Crippen molar-refractivity contribution in [1.82, 2.24) is 56.5 Å². The Kier molecular flexibility index (Phi) is 24.8. The molecule has 0 aliphatic carbocycles. The number of nitrogens with zero attached hydrogens (tertiary/aromatic N) is 12. The first-order valence-corrected chi connectivity index (χ1v) is 44.6. The molecule has 5 aromatic carbocycles. The van der Waals surface area contributed by atoms with Gasteiger partial charge in [-0.1, -0.05) is 124 Å². The molecule has 35 heteroatoms. The van der Waals surface area contributed by atoms with Gasteiger partial charge in [-0.3, -0.25) is 29.5 Å². The van der Waals surface area contributed by atoms with Crippen LogP contribution in [0.2, 0.25) is 0 Å². The van der Waals surface area contributed by atoms with Crippen LogP contribution in [0.25, 0.3) is 94.7 Å². The highest BCUT2D eigenvalue weighted by molar-refractivity contribution is 14.1. The minimum atomic E-state index is -3.95. The van der Waals surface area contributed by atoms with Crippen molar-refractivity contribution in [2.24, 2.45) is 0 Å². The van der Waals surface area contributed by atoms with Gasteiger partial charge in [0.05, 0.1) is 84.5 Å². The van der Waals surface area contributed by atoms with Crippen LogP contribution in [0.3, 0.4) is 0 Å². The summed E-state index contributed by atoms with van der Waals surface area (Å²) in [5, 5.41) is 34.0. The second-order valence-corrected chi connectivity index (χ2v) is 36.6. The van der Waals surface area contributed by atoms with E-state index in [0.29, 0.717) is 118 Å². The number of carboxylic acid groups (broad SMARTS) is 2. The zero-order valence-electron chi connectivity index (χ0n) is 66.9. The van der Waals surface area contributed by atoms with E-state index in [-0.39, 0.29) is 51.9 Å². The molecule has 0 spiro atoms. The van der Waals surface area contributed by atoms with Crippen molar-refractivity contribution in [2.75, 3.05) is 0 Å². The van der Waals surface area contributed by atoms with Crippen molar-refractivity contribution >= 4 is 131 Å². The number of aromatic nitrogens is 12. The first-order chi connectivity index (χ1) is 58.8. The fourth-order valence-electron chi connectivity index (χ4n) is 14.1. The predicted molar refractivity (Wildman–Crippen MR) is 465 cm³/mol. The van der Waals surface area contributed by atoms with Crippen LogP contribution in [0.4, 0.5) is 0 Å². The van der Waals surface area contributed by atoms with Gasteiger partial charge in [0.25, 0.3) is 40.1 Å². The average molecular weight is 1840 g/mol. The van der Waals surface area contributed by atoms with Crippen LogP contribution >= 0.6 is 22.6 Å². The minimum Gasteiger partial charge on any atom is -0.481 e. The molecule has 0 aliphatic heterocycles. The Hall–Kier alpha value is -13.6. The van der Waals surface area contributed by atoms with E-state index < -0.39 is 58.0 Å². The van der Waals surface area contributed by atoms with E-state index in [1.54, 1.807) is 169 Å². The number of fused-ring (bicyclic) bond motifs is 4. The quantitative estimate of drug-likeness (QED) is 0.0361. The van der Waals surface area contributed by atoms with Gasteiger partial charge in [0.2, 0.25) is 0 Å². The van der Waals surface area contributed by atoms with Gasteiger partial charge >= 0.3 is 17.9 Å². The number of hydrogen-bond donors (Lipinski definition) is 2. The molecule has 123 heavy (non-hydrogen) atoms. The van der Waals surface area contributed by atoms with Crippen LogP contribution < -0.4 is 0 Å². The molecular weight excluding hydrogens is 1770 g/mol. The van der Waals surface area contributed by atoms with E-state index in [0.717, 1.165) is 42.6 Å². The van der Waals surface area contributed by atoms with Gasteiger partial charge in [0.1, 0.15) is 35.2 Å². The second-order valence-electron chi connectivity index (χ2n) is 28.2. The molecule has 12 aromatic heterocycles. The van der Waals surface area contributed by atoms with Crippen molar-refractivity contribution in [3.63, 3.8) is 0 Å². The SMILES string of the molecule is Cc1noc(C)c1-c1cnc2c(/C=C/C(=O)OCc3ccccc3)cn(S(=O)(=O)c3ccccc3)c2c1.Cc1noc(C)c1-c1cnc2c(CCC(=O)O)cn(S(=O)(=O)c3ccccc3)c2c1.Cc1noc(C)c1-c1cnc2c(CCC(=O)O)cn(S(=O)(=O)c3ccccc3)c2c1.Cc1noc(C)c1-c1cnc2c(I)cn(S(=O)(=O)c3ccccc3)c2c1. The Morgan fingerprint density at radius 1 is 0.390 bits per heavy atom. The average Bonchev–Trinajstić information content (AvgIpc) is 1.62. The van der Waals surface area contributed by atoms with Crippen LogP contribution in [-0.4, -0.2) is 118 Å². The topological polar surface area (TPSA) is 413 Å². The maximum Gasteiger partial charge on any atom is 0.331 e. The first-order valence-electron chi connectivity index (χ1n) is 37.8. The van der Waals surface area contributed by atoms with Crippen molar-refractivity contribution < 1.29 is 81.1 Å². The van der Waals surface area contributed by atoms with Gasteiger partial charge in [-0.15, -0.1) is 0 Å². The summed E-state index contributed by atoms with van der Waals surface area (Å²) in [6.45, 7) is 14.5. The number of esters is 1. The number of halogens is 1. The summed E-state index contributed by atoms with van der Waals surface area (Å²) in [4.78, 5) is 53.1. The summed E-state index contributed by atoms with van der Waals surface area (Å²) >= 11 is 2.10. The second kappa shape index (κ2) is 35.6. The largest absolute Gasteiger partial charge is 0.481 e. The number of rotatable bonds is 22. The van der Waals surface area contributed by atoms with Crippen molar-refractivity contribution in [3.05, 3.63) is 303 Å². The molecular formula is C88H75IN12O18S4. The van der Waals surface area contributed by atoms with Crippen LogP contribution in [-0.2, 0) is 78.7 Å². The lowest BCUT2D eigenvalue weighted by molar-refractivity contribution is -0.139. The number of carbonyl (C=O) groups is 3. The van der Waals surface area contributed by atoms with E-state index in [1.807, 2.05) is 57.2 Å². The Bertz CT molecular complexity index is 7120. The molecule has 17 rings (SSSR count). The first kappa shape index (κ1) is 85.8. The molecule has 2 N–H and O–H groups in total. The number of hydrogen-bond acceptors (Lipinski definition) is 24. The summed E-state index contributed by atoms with van der Waals surface area (Å²) in [6, 6.07) is 49.0. The Morgan fingerprint density at radius 3 is 0.992 bits per heavy atom. The molecule has 0 saturated carbocycles. The van der Waals surface area contributed by atoms with E-state index >= 15 is 0 Å². The number of carboxylic acids is 2. The number of aliphatic carboxylic acids is 2. The Labute approximate surface area is 718 Å². The van der Waals surface area contributed by atoms with Gasteiger partial charge in [-0.2, -0.15) is 0 Å². The van der Waals surface area contributed by atoms with Gasteiger partial charge in [0.15, 0.2) is 0 Å². The number of carbonyl (C=O) groups excluding carboxylic acids is 1. The highest BCUT2D eigenvalue weighted by Gasteiger charge is 2.30. The van der Waals surface area contributed by atoms with Crippen LogP contribution in [0.1, 0.15) is 80.9 Å². The zero-order valence-corrected chi connectivity index (χ0v) is 72.3. The number of aryl methyl sites for hydroxylation is 10. The van der Waals surface area contributed by atoms with Gasteiger partial charge < -0.3 is 33.0 Å². The van der Waals surface area contributed by atoms with Gasteiger partial charge in [-0.25, -0.2) is 54.4 Å². The van der Waals surface area contributed by atoms with Crippen LogP contribution in [0.5, 0.6) is 0 Å². The molecule has 0 bridgehead atoms. The van der Waals surface area contributed by atoms with Crippen molar-refractivity contribution in [2.45, 2.75) is 107 Å². The van der Waals surface area contributed by atoms with E-state index in [4.69, 9.17) is 33.0 Å². The van der Waals surface area contributed by atoms with E-state index in [9.17, 15) is 48.1 Å². The highest BCUT2D eigenvalue weighted by atomic mass is 127. The standard InChI is InChI=1S/C28H23N3O5S.2C21H19N3O5S.C18H14IN3O3S/c1-19-27(20(2)36-30-19)23-15-25-28(29-16-23)22(13-14-26(32)35-18-21-9-5-3-6-10-21)17-31(25)37(33,34)24-11-7-4-8-12-24;2*1-13-20(14(2)29-23-13)16-10-18-21(22-11-16)15(8-9-19(25)26)12-24(18)30(27,28)17-6-4-3-5-7-17;1-11-17(12(2)25-21-11)13-8-16-18(20-9-13)15(19)10-22(16)26(23,24)14-6-4-3-5-7-14/h3-17H,18H2,1-2H3;2*3-7,10-12H,8-9H2,1-2H3,(H,25,26);3-10H,1-2H3/b14-13+;;;. The van der Waals surface area contributed by atoms with Crippen LogP contribution in [0, 0.1) is 59.0 Å². The summed E-state index contributed by atoms with van der Waals surface area (Å²) in [5.74, 6) is -0.00908. The maximum absolute atomic E-state index is 13.6. The summed E-state index contributed by atoms with van der Waals surface area (Å²) < 4.78 is 138. The van der Waals surface area contributed by atoms with E-state index in [1.165, 1.54) is 83.0 Å². The Balaban J connectivity index is 0.000000135. The molecule has 0 aliphatic rings. The molecule has 0 unspecified atom stereocenters. The monoisotopic (exact) mass is 1840 g/mol. The fourth-order valence-corrected chi connectivity index (χ4v) is 20.5. The van der Waals surface area contributed by atoms with Gasteiger partial charge in [0, 0.05) is 119 Å². The third-order valence-electron chi connectivity index (χ3n) is 19.9. The normalized spacial score (nSPS) is 11.8. The summed E-state index contributed by atoms with van der Waals surface area (Å²) in [5.41, 5.74) is 14.6. The maximum atomic E-state index is 13.6. The molecule has 0 amide bonds. The Morgan fingerprint density at radius 2 is 0.675 bits per heavy atom. The van der Waals surface area contributed by atoms with Gasteiger partial charge in [-0.05, 0) is 186 Å². The zero-order chi connectivity index (χ0) is 87.4. The molecule has 12 heterocycles. The fraction of sp³-hybridized carbons (Fsp3) is 0.148. The molecule has 0 saturated heterocycles. The molecule has 0 radical (unpaired) electrons. The molecule has 17 aromatic rings. The lowest BCUT2D eigenvalue weighted by Gasteiger charge is -2.08. The third-order valence-corrected chi connectivity index (χ3v) is 27.4. The minimum absolute atomic E-state index is 0.127. The number of ether oxygens (including phenoxy) is 1. The predicted octanol–water partition coefficient (Wildman–Crippen LogP) is 16.6. The summed E-state index contributed by atoms with van der Waals surface area (Å²) in [6.07, 6.45) is 15.4. The smallest absolute Gasteiger partial charge is 0.331 e. The van der Waals surface area contributed by atoms with Crippen molar-refractivity contribution in [1.29, 1.82) is 0 Å². The molecule has 30 nitrogen and oxygen atoms in total. The number of pyridine rings is 4. The molecule has 0 fully saturated rings. The molecule has 626 valence electrons. The highest BCUT2D eigenvalue weighted by Crippen LogP contribution is 2.38. The number of benzene rings is 5.